The van der Waals surface area contributed by atoms with E-state index in [9.17, 15) is 18.0 Å². The van der Waals surface area contributed by atoms with Crippen molar-refractivity contribution in [1.29, 1.82) is 0 Å². The molecule has 1 aliphatic heterocycles. The minimum atomic E-state index is -4.40. The van der Waals surface area contributed by atoms with Crippen molar-refractivity contribution in [3.8, 4) is 0 Å². The lowest BCUT2D eigenvalue weighted by Gasteiger charge is -2.35. The quantitative estimate of drug-likeness (QED) is 0.768. The first-order chi connectivity index (χ1) is 13.3. The van der Waals surface area contributed by atoms with Crippen molar-refractivity contribution in [3.05, 3.63) is 34.9 Å². The zero-order valence-electron chi connectivity index (χ0n) is 16.0. The van der Waals surface area contributed by atoms with Gasteiger partial charge in [-0.15, -0.1) is 0 Å². The van der Waals surface area contributed by atoms with E-state index in [-0.39, 0.29) is 23.9 Å². The highest BCUT2D eigenvalue weighted by Crippen LogP contribution is 2.43. The molecule has 2 saturated carbocycles. The summed E-state index contributed by atoms with van der Waals surface area (Å²) in [4.78, 5) is 12.9. The Morgan fingerprint density at radius 2 is 1.89 bits per heavy atom. The average molecular weight is 396 g/mol. The van der Waals surface area contributed by atoms with Crippen molar-refractivity contribution in [2.24, 2.45) is 5.92 Å². The summed E-state index contributed by atoms with van der Waals surface area (Å²) in [7, 11) is 0. The first kappa shape index (κ1) is 19.7. The van der Waals surface area contributed by atoms with E-state index in [1.54, 1.807) is 0 Å². The third-order valence-corrected chi connectivity index (χ3v) is 6.12. The predicted octanol–water partition coefficient (Wildman–Crippen LogP) is 3.86. The molecule has 1 unspecified atom stereocenters. The number of alkyl halides is 3. The van der Waals surface area contributed by atoms with Crippen LogP contribution in [0.5, 0.6) is 0 Å². The Morgan fingerprint density at radius 3 is 2.54 bits per heavy atom. The van der Waals surface area contributed by atoms with Crippen LogP contribution in [0.1, 0.15) is 66.4 Å². The van der Waals surface area contributed by atoms with Crippen molar-refractivity contribution in [3.63, 3.8) is 0 Å². The van der Waals surface area contributed by atoms with Gasteiger partial charge in [-0.3, -0.25) is 4.79 Å². The van der Waals surface area contributed by atoms with Gasteiger partial charge >= 0.3 is 6.18 Å². The molecular weight excluding hydrogens is 369 g/mol. The summed E-state index contributed by atoms with van der Waals surface area (Å²) in [6.45, 7) is 3.24. The van der Waals surface area contributed by atoms with Crippen LogP contribution in [0.3, 0.4) is 0 Å². The summed E-state index contributed by atoms with van der Waals surface area (Å²) in [5.41, 5.74) is 0.180. The maximum Gasteiger partial charge on any atom is 0.416 e. The van der Waals surface area contributed by atoms with Gasteiger partial charge in [0.1, 0.15) is 0 Å². The SMILES string of the molecule is CC(N[C@@H]1CCOC[C@H]1NC(=O)c1ccc(C(F)(F)F)cc1C1CC1)C1CC1. The second-order valence-corrected chi connectivity index (χ2v) is 8.42. The lowest BCUT2D eigenvalue weighted by atomic mass is 9.97. The second kappa shape index (κ2) is 7.67. The minimum Gasteiger partial charge on any atom is -0.379 e. The van der Waals surface area contributed by atoms with Gasteiger partial charge in [0.25, 0.3) is 5.91 Å². The Balaban J connectivity index is 1.48. The molecule has 1 amide bonds. The van der Waals surface area contributed by atoms with E-state index in [0.29, 0.717) is 36.3 Å². The lowest BCUT2D eigenvalue weighted by Crippen LogP contribution is -2.57. The number of benzene rings is 1. The summed E-state index contributed by atoms with van der Waals surface area (Å²) in [6.07, 6.45) is 0.554. The van der Waals surface area contributed by atoms with E-state index >= 15 is 0 Å². The molecule has 28 heavy (non-hydrogen) atoms. The molecule has 3 aliphatic rings. The molecule has 1 aromatic carbocycles. The number of carbonyl (C=O) groups is 1. The van der Waals surface area contributed by atoms with Gasteiger partial charge in [0.15, 0.2) is 0 Å². The fourth-order valence-electron chi connectivity index (χ4n) is 4.07. The van der Waals surface area contributed by atoms with Crippen molar-refractivity contribution in [2.75, 3.05) is 13.2 Å². The summed E-state index contributed by atoms with van der Waals surface area (Å²) < 4.78 is 44.8. The summed E-state index contributed by atoms with van der Waals surface area (Å²) in [5.74, 6) is 0.446. The first-order valence-electron chi connectivity index (χ1n) is 10.2. The molecule has 4 nitrogen and oxygen atoms in total. The van der Waals surface area contributed by atoms with Gasteiger partial charge in [0.05, 0.1) is 18.2 Å². The lowest BCUT2D eigenvalue weighted by molar-refractivity contribution is -0.137. The zero-order chi connectivity index (χ0) is 19.9. The standard InChI is InChI=1S/C21H27F3N2O2/c1-12(13-2-3-13)25-18-8-9-28-11-19(18)26-20(27)16-7-6-15(21(22,23)24)10-17(16)14-4-5-14/h6-7,10,12-14,18-19,25H,2-5,8-9,11H2,1H3,(H,26,27)/t12?,18-,19-/m1/s1. The van der Waals surface area contributed by atoms with Gasteiger partial charge in [-0.1, -0.05) is 0 Å². The van der Waals surface area contributed by atoms with Crippen LogP contribution in [-0.4, -0.2) is 37.2 Å². The molecule has 1 aromatic rings. The highest BCUT2D eigenvalue weighted by atomic mass is 19.4. The van der Waals surface area contributed by atoms with E-state index in [4.69, 9.17) is 4.74 Å². The fourth-order valence-corrected chi connectivity index (χ4v) is 4.07. The number of nitrogens with one attached hydrogen (secondary N) is 2. The van der Waals surface area contributed by atoms with E-state index in [1.165, 1.54) is 18.9 Å². The van der Waals surface area contributed by atoms with Gasteiger partial charge in [0.2, 0.25) is 0 Å². The molecule has 3 atom stereocenters. The Kier molecular flexibility index (Phi) is 5.40. The van der Waals surface area contributed by atoms with Crippen LogP contribution in [0, 0.1) is 5.92 Å². The van der Waals surface area contributed by atoms with Crippen LogP contribution in [0.15, 0.2) is 18.2 Å². The summed E-state index contributed by atoms with van der Waals surface area (Å²) >= 11 is 0. The van der Waals surface area contributed by atoms with Crippen molar-refractivity contribution in [2.45, 2.75) is 69.2 Å². The van der Waals surface area contributed by atoms with Crippen LogP contribution in [-0.2, 0) is 10.9 Å². The van der Waals surface area contributed by atoms with Crippen LogP contribution in [0.2, 0.25) is 0 Å². The average Bonchev–Trinajstić information content (AvgIpc) is 3.55. The topological polar surface area (TPSA) is 50.4 Å². The summed E-state index contributed by atoms with van der Waals surface area (Å²) in [5, 5.41) is 6.65. The van der Waals surface area contributed by atoms with E-state index in [1.807, 2.05) is 0 Å². The van der Waals surface area contributed by atoms with Gasteiger partial charge in [0, 0.05) is 24.3 Å². The number of hydrogen-bond acceptors (Lipinski definition) is 3. The van der Waals surface area contributed by atoms with Crippen LogP contribution < -0.4 is 10.6 Å². The molecule has 1 saturated heterocycles. The van der Waals surface area contributed by atoms with E-state index in [2.05, 4.69) is 17.6 Å². The molecule has 4 rings (SSSR count). The number of hydrogen-bond donors (Lipinski definition) is 2. The highest BCUT2D eigenvalue weighted by molar-refractivity contribution is 5.96. The predicted molar refractivity (Wildman–Crippen MR) is 99.2 cm³/mol. The van der Waals surface area contributed by atoms with Crippen molar-refractivity contribution < 1.29 is 22.7 Å². The molecule has 2 aliphatic carbocycles. The van der Waals surface area contributed by atoms with Crippen LogP contribution >= 0.6 is 0 Å². The van der Waals surface area contributed by atoms with Crippen LogP contribution in [0.25, 0.3) is 0 Å². The maximum absolute atomic E-state index is 13.1. The maximum atomic E-state index is 13.1. The number of carbonyl (C=O) groups excluding carboxylic acids is 1. The van der Waals surface area contributed by atoms with Crippen molar-refractivity contribution >= 4 is 5.91 Å². The molecule has 0 aromatic heterocycles. The number of amides is 1. The largest absolute Gasteiger partial charge is 0.416 e. The number of ether oxygens (including phenoxy) is 1. The van der Waals surface area contributed by atoms with Gasteiger partial charge in [-0.2, -0.15) is 13.2 Å². The molecule has 1 heterocycles. The highest BCUT2D eigenvalue weighted by Gasteiger charge is 2.37. The minimum absolute atomic E-state index is 0.0504. The second-order valence-electron chi connectivity index (χ2n) is 8.42. The zero-order valence-corrected chi connectivity index (χ0v) is 16.0. The van der Waals surface area contributed by atoms with Gasteiger partial charge in [-0.05, 0) is 74.6 Å². The van der Waals surface area contributed by atoms with Crippen molar-refractivity contribution in [1.82, 2.24) is 10.6 Å². The van der Waals surface area contributed by atoms with Gasteiger partial charge in [-0.25, -0.2) is 0 Å². The fraction of sp³-hybridized carbons (Fsp3) is 0.667. The van der Waals surface area contributed by atoms with E-state index in [0.717, 1.165) is 31.4 Å². The molecule has 0 radical (unpaired) electrons. The Hall–Kier alpha value is -1.60. The molecule has 154 valence electrons. The monoisotopic (exact) mass is 396 g/mol. The molecule has 3 fully saturated rings. The third kappa shape index (κ3) is 4.51. The first-order valence-corrected chi connectivity index (χ1v) is 10.2. The molecule has 0 spiro atoms. The Bertz CT molecular complexity index is 729. The van der Waals surface area contributed by atoms with Crippen LogP contribution in [0.4, 0.5) is 13.2 Å². The van der Waals surface area contributed by atoms with Gasteiger partial charge < -0.3 is 15.4 Å². The normalized spacial score (nSPS) is 26.7. The Labute approximate surface area is 163 Å². The summed E-state index contributed by atoms with van der Waals surface area (Å²) in [6, 6.07) is 3.81. The number of rotatable bonds is 6. The Morgan fingerprint density at radius 1 is 1.14 bits per heavy atom. The molecule has 2 N–H and O–H groups in total. The third-order valence-electron chi connectivity index (χ3n) is 6.12. The molecular formula is C21H27F3N2O2. The molecule has 7 heteroatoms. The molecule has 0 bridgehead atoms. The smallest absolute Gasteiger partial charge is 0.379 e. The van der Waals surface area contributed by atoms with E-state index < -0.39 is 11.7 Å². The number of halogens is 3.